The average Bonchev–Trinajstić information content (AvgIpc) is 3.74. The fraction of sp³-hybridized carbons (Fsp3) is 0.0312. The lowest BCUT2D eigenvalue weighted by Crippen LogP contribution is -2.18. The summed E-state index contributed by atoms with van der Waals surface area (Å²) < 4.78 is 2.42. The largest absolute Gasteiger partial charge is 0.314 e. The summed E-state index contributed by atoms with van der Waals surface area (Å²) in [5.74, 6) is 0. The Bertz CT molecular complexity index is 3590. The summed E-state index contributed by atoms with van der Waals surface area (Å²) in [4.78, 5) is 2.48. The summed E-state index contributed by atoms with van der Waals surface area (Å²) in [5, 5.41) is 5.00. The third kappa shape index (κ3) is 7.19. The molecule has 1 aliphatic rings. The minimum Gasteiger partial charge on any atom is -0.314 e. The zero-order chi connectivity index (χ0) is 43.8. The van der Waals surface area contributed by atoms with Gasteiger partial charge in [0.1, 0.15) is 0 Å². The minimum atomic E-state index is 0.907. The monoisotopic (exact) mass is 842 g/mol. The standard InChI is InChI=1S/C64H46N2/c1-4-15-45(16-5-1)47-29-31-48(32-30-47)49-33-38-55(39-34-49)65(56-40-35-51(36-41-56)59-26-13-20-50-19-10-11-25-58(50)59)57-24-12-21-53(43-57)60-27-14-28-63-64(60)61-44-52(46-17-6-2-7-18-46)37-42-62(61)66(63)54-22-8-3-9-23-54/h1-33,35-38,40-44H,34,39H2. The van der Waals surface area contributed by atoms with Gasteiger partial charge >= 0.3 is 0 Å². The van der Waals surface area contributed by atoms with Gasteiger partial charge < -0.3 is 9.47 Å². The first-order valence-electron chi connectivity index (χ1n) is 23.0. The van der Waals surface area contributed by atoms with E-state index in [4.69, 9.17) is 0 Å². The van der Waals surface area contributed by atoms with Gasteiger partial charge in [-0.05, 0) is 140 Å². The van der Waals surface area contributed by atoms with Gasteiger partial charge in [-0.3, -0.25) is 0 Å². The van der Waals surface area contributed by atoms with E-state index in [1.54, 1.807) is 0 Å². The fourth-order valence-corrected chi connectivity index (χ4v) is 10.1. The normalized spacial score (nSPS) is 12.6. The molecular weight excluding hydrogens is 797 g/mol. The second-order valence-electron chi connectivity index (χ2n) is 17.2. The molecule has 1 heterocycles. The third-order valence-electron chi connectivity index (χ3n) is 13.3. The number of allylic oxidation sites excluding steroid dienone is 4. The van der Waals surface area contributed by atoms with Crippen molar-refractivity contribution in [2.75, 3.05) is 4.90 Å². The molecule has 0 spiro atoms. The first kappa shape index (κ1) is 39.2. The van der Waals surface area contributed by atoms with Gasteiger partial charge in [-0.2, -0.15) is 0 Å². The highest BCUT2D eigenvalue weighted by Crippen LogP contribution is 2.43. The molecule has 2 nitrogen and oxygen atoms in total. The van der Waals surface area contributed by atoms with Crippen molar-refractivity contribution in [3.8, 4) is 50.2 Å². The zero-order valence-electron chi connectivity index (χ0n) is 36.6. The summed E-state index contributed by atoms with van der Waals surface area (Å²) in [6, 6.07) is 88.5. The average molecular weight is 843 g/mol. The number of aromatic nitrogens is 1. The number of hydrogen-bond acceptors (Lipinski definition) is 1. The Hall–Kier alpha value is -8.46. The van der Waals surface area contributed by atoms with Crippen LogP contribution in [0.5, 0.6) is 0 Å². The van der Waals surface area contributed by atoms with E-state index in [-0.39, 0.29) is 0 Å². The van der Waals surface area contributed by atoms with Gasteiger partial charge in [0.2, 0.25) is 0 Å². The highest BCUT2D eigenvalue weighted by Gasteiger charge is 2.21. The molecule has 0 amide bonds. The van der Waals surface area contributed by atoms with Gasteiger partial charge in [0.05, 0.1) is 11.0 Å². The smallest absolute Gasteiger partial charge is 0.0547 e. The van der Waals surface area contributed by atoms with Crippen molar-refractivity contribution in [2.24, 2.45) is 0 Å². The Morgan fingerprint density at radius 2 is 0.924 bits per heavy atom. The molecule has 0 aliphatic heterocycles. The summed E-state index contributed by atoms with van der Waals surface area (Å²) in [7, 11) is 0. The van der Waals surface area contributed by atoms with Crippen LogP contribution in [-0.2, 0) is 0 Å². The molecule has 11 aromatic rings. The van der Waals surface area contributed by atoms with Crippen LogP contribution in [0.15, 0.2) is 261 Å². The van der Waals surface area contributed by atoms with Gasteiger partial charge in [-0.1, -0.05) is 194 Å². The lowest BCUT2D eigenvalue weighted by atomic mass is 9.93. The van der Waals surface area contributed by atoms with Crippen LogP contribution in [0.2, 0.25) is 0 Å². The first-order chi connectivity index (χ1) is 32.7. The highest BCUT2D eigenvalue weighted by molar-refractivity contribution is 6.16. The fourth-order valence-electron chi connectivity index (χ4n) is 10.1. The predicted octanol–water partition coefficient (Wildman–Crippen LogP) is 17.5. The molecule has 2 heteroatoms. The molecule has 0 bridgehead atoms. The summed E-state index contributed by atoms with van der Waals surface area (Å²) in [5.41, 5.74) is 19.4. The summed E-state index contributed by atoms with van der Waals surface area (Å²) in [6.07, 6.45) is 6.53. The SMILES string of the molecule is C1=C(c2ccc(-c3ccccc3)cc2)CCC(N(c2ccc(-c3cccc4ccccc34)cc2)c2cccc(-c3cccc4c3c3cc(-c5ccccc5)ccc3n4-c3ccccc3)c2)=C1. The highest BCUT2D eigenvalue weighted by atomic mass is 15.1. The van der Waals surface area contributed by atoms with E-state index >= 15 is 0 Å². The number of hydrogen-bond donors (Lipinski definition) is 0. The van der Waals surface area contributed by atoms with Crippen molar-refractivity contribution in [1.29, 1.82) is 0 Å². The van der Waals surface area contributed by atoms with E-state index in [9.17, 15) is 0 Å². The predicted molar refractivity (Wildman–Crippen MR) is 280 cm³/mol. The minimum absolute atomic E-state index is 0.907. The molecular formula is C64H46N2. The van der Waals surface area contributed by atoms with E-state index in [1.165, 1.54) is 93.9 Å². The Balaban J connectivity index is 0.986. The Labute approximate surface area is 386 Å². The quantitative estimate of drug-likeness (QED) is 0.141. The second kappa shape index (κ2) is 16.9. The van der Waals surface area contributed by atoms with E-state index in [1.807, 2.05) is 0 Å². The van der Waals surface area contributed by atoms with E-state index in [0.717, 1.165) is 29.9 Å². The van der Waals surface area contributed by atoms with E-state index in [0.29, 0.717) is 0 Å². The molecule has 1 aliphatic carbocycles. The maximum absolute atomic E-state index is 2.48. The van der Waals surface area contributed by atoms with E-state index < -0.39 is 0 Å². The van der Waals surface area contributed by atoms with E-state index in [2.05, 4.69) is 264 Å². The number of nitrogens with zero attached hydrogens (tertiary/aromatic N) is 2. The van der Waals surface area contributed by atoms with Crippen LogP contribution < -0.4 is 4.90 Å². The van der Waals surface area contributed by atoms with Crippen molar-refractivity contribution in [3.05, 3.63) is 266 Å². The molecule has 0 atom stereocenters. The van der Waals surface area contributed by atoms with Crippen molar-refractivity contribution in [2.45, 2.75) is 12.8 Å². The van der Waals surface area contributed by atoms with Crippen LogP contribution in [0.25, 0.3) is 88.3 Å². The Kier molecular flexibility index (Phi) is 10.0. The molecule has 10 aromatic carbocycles. The number of fused-ring (bicyclic) bond motifs is 4. The lowest BCUT2D eigenvalue weighted by molar-refractivity contribution is 0.930. The molecule has 12 rings (SSSR count). The number of anilines is 2. The van der Waals surface area contributed by atoms with Crippen molar-refractivity contribution in [1.82, 2.24) is 4.57 Å². The molecule has 312 valence electrons. The summed E-state index contributed by atoms with van der Waals surface area (Å²) in [6.45, 7) is 0. The number of para-hydroxylation sites is 1. The van der Waals surface area contributed by atoms with Gasteiger partial charge in [-0.25, -0.2) is 0 Å². The van der Waals surface area contributed by atoms with Crippen LogP contribution in [0.4, 0.5) is 11.4 Å². The molecule has 0 saturated carbocycles. The second-order valence-corrected chi connectivity index (χ2v) is 17.2. The van der Waals surface area contributed by atoms with Crippen molar-refractivity contribution < 1.29 is 0 Å². The van der Waals surface area contributed by atoms with Crippen LogP contribution in [-0.4, -0.2) is 4.57 Å². The molecule has 0 saturated heterocycles. The molecule has 0 radical (unpaired) electrons. The van der Waals surface area contributed by atoms with Crippen LogP contribution in [0, 0.1) is 0 Å². The molecule has 0 N–H and O–H groups in total. The van der Waals surface area contributed by atoms with Gasteiger partial charge in [-0.15, -0.1) is 0 Å². The van der Waals surface area contributed by atoms with Crippen LogP contribution in [0.3, 0.4) is 0 Å². The molecule has 0 unspecified atom stereocenters. The molecule has 0 fully saturated rings. The Morgan fingerprint density at radius 1 is 0.333 bits per heavy atom. The van der Waals surface area contributed by atoms with Crippen LogP contribution in [0.1, 0.15) is 18.4 Å². The molecule has 1 aromatic heterocycles. The maximum atomic E-state index is 2.48. The Morgan fingerprint density at radius 3 is 1.68 bits per heavy atom. The molecule has 66 heavy (non-hydrogen) atoms. The lowest BCUT2D eigenvalue weighted by Gasteiger charge is -2.30. The van der Waals surface area contributed by atoms with Crippen molar-refractivity contribution >= 4 is 49.5 Å². The number of rotatable bonds is 9. The topological polar surface area (TPSA) is 8.17 Å². The number of benzene rings is 10. The summed E-state index contributed by atoms with van der Waals surface area (Å²) >= 11 is 0. The van der Waals surface area contributed by atoms with Gasteiger partial charge in [0.15, 0.2) is 0 Å². The van der Waals surface area contributed by atoms with Gasteiger partial charge in [0, 0.05) is 33.5 Å². The van der Waals surface area contributed by atoms with Gasteiger partial charge in [0.25, 0.3) is 0 Å². The third-order valence-corrected chi connectivity index (χ3v) is 13.3. The van der Waals surface area contributed by atoms with Crippen LogP contribution >= 0.6 is 0 Å². The van der Waals surface area contributed by atoms with Crippen molar-refractivity contribution in [3.63, 3.8) is 0 Å². The maximum Gasteiger partial charge on any atom is 0.0547 e. The zero-order valence-corrected chi connectivity index (χ0v) is 36.6. The first-order valence-corrected chi connectivity index (χ1v) is 23.0.